The number of nitrogens with one attached hydrogen (secondary N) is 2. The van der Waals surface area contributed by atoms with Crippen LogP contribution in [0.25, 0.3) is 0 Å². The van der Waals surface area contributed by atoms with Gasteiger partial charge in [0.05, 0.1) is 0 Å². The molecule has 20 heavy (non-hydrogen) atoms. The van der Waals surface area contributed by atoms with Crippen molar-refractivity contribution in [3.05, 3.63) is 11.5 Å². The van der Waals surface area contributed by atoms with Crippen LogP contribution in [0.3, 0.4) is 0 Å². The van der Waals surface area contributed by atoms with E-state index in [1.165, 1.54) is 6.92 Å². The molecule has 114 valence electrons. The fourth-order valence-electron chi connectivity index (χ4n) is 1.56. The molecule has 1 rings (SSSR count). The average Bonchev–Trinajstić information content (AvgIpc) is 2.63. The number of rotatable bonds is 5. The fraction of sp³-hybridized carbons (Fsp3) is 0.667. The number of amides is 1. The highest BCUT2D eigenvalue weighted by atomic mass is 32.2. The first-order chi connectivity index (χ1) is 9.05. The third-order valence-corrected chi connectivity index (χ3v) is 4.32. The minimum Gasteiger partial charge on any atom is -0.360 e. The second-order valence-corrected chi connectivity index (χ2v) is 7.26. The smallest absolute Gasteiger partial charge is 0.246 e. The van der Waals surface area contributed by atoms with Crippen LogP contribution in [0.2, 0.25) is 0 Å². The molecule has 7 nitrogen and oxygen atoms in total. The molecule has 2 N–H and O–H groups in total. The standard InChI is InChI=1S/C12H21N3O4S/c1-8-10(9(2)19-15-8)20(17,18)14-7-6-13-11(16)12(3,4)5/h14H,6-7H2,1-5H3,(H,13,16). The van der Waals surface area contributed by atoms with Crippen LogP contribution in [0.4, 0.5) is 0 Å². The second-order valence-electron chi connectivity index (χ2n) is 5.56. The maximum Gasteiger partial charge on any atom is 0.246 e. The number of aryl methyl sites for hydroxylation is 2. The lowest BCUT2D eigenvalue weighted by Gasteiger charge is -2.17. The Morgan fingerprint density at radius 3 is 2.30 bits per heavy atom. The van der Waals surface area contributed by atoms with Gasteiger partial charge in [0.2, 0.25) is 15.9 Å². The van der Waals surface area contributed by atoms with E-state index in [4.69, 9.17) is 4.52 Å². The van der Waals surface area contributed by atoms with E-state index in [1.807, 2.05) is 0 Å². The van der Waals surface area contributed by atoms with E-state index in [0.29, 0.717) is 5.69 Å². The summed E-state index contributed by atoms with van der Waals surface area (Å²) in [5, 5.41) is 6.27. The molecule has 0 radical (unpaired) electrons. The van der Waals surface area contributed by atoms with E-state index in [1.54, 1.807) is 27.7 Å². The molecule has 0 unspecified atom stereocenters. The first-order valence-corrected chi connectivity index (χ1v) is 7.75. The summed E-state index contributed by atoms with van der Waals surface area (Å²) in [6.45, 7) is 8.79. The van der Waals surface area contributed by atoms with Crippen molar-refractivity contribution in [2.45, 2.75) is 39.5 Å². The molecule has 0 spiro atoms. The molecule has 1 aromatic heterocycles. The van der Waals surface area contributed by atoms with Gasteiger partial charge in [0.1, 0.15) is 10.6 Å². The van der Waals surface area contributed by atoms with E-state index in [9.17, 15) is 13.2 Å². The van der Waals surface area contributed by atoms with Gasteiger partial charge in [-0.2, -0.15) is 0 Å². The molecule has 8 heteroatoms. The van der Waals surface area contributed by atoms with E-state index < -0.39 is 15.4 Å². The van der Waals surface area contributed by atoms with Crippen LogP contribution in [0, 0.1) is 19.3 Å². The summed E-state index contributed by atoms with van der Waals surface area (Å²) in [4.78, 5) is 11.7. The number of sulfonamides is 1. The van der Waals surface area contributed by atoms with Crippen molar-refractivity contribution in [2.75, 3.05) is 13.1 Å². The summed E-state index contributed by atoms with van der Waals surface area (Å²) in [5.41, 5.74) is -0.186. The zero-order chi connectivity index (χ0) is 15.6. The maximum absolute atomic E-state index is 12.1. The number of carbonyl (C=O) groups excluding carboxylic acids is 1. The van der Waals surface area contributed by atoms with E-state index in [2.05, 4.69) is 15.2 Å². The van der Waals surface area contributed by atoms with Crippen molar-refractivity contribution in [1.82, 2.24) is 15.2 Å². The van der Waals surface area contributed by atoms with Gasteiger partial charge in [-0.05, 0) is 13.8 Å². The molecule has 0 saturated heterocycles. The highest BCUT2D eigenvalue weighted by molar-refractivity contribution is 7.89. The van der Waals surface area contributed by atoms with Gasteiger partial charge in [-0.1, -0.05) is 25.9 Å². The van der Waals surface area contributed by atoms with Crippen LogP contribution in [-0.2, 0) is 14.8 Å². The normalized spacial score (nSPS) is 12.4. The SMILES string of the molecule is Cc1noc(C)c1S(=O)(=O)NCCNC(=O)C(C)(C)C. The van der Waals surface area contributed by atoms with Crippen LogP contribution in [0.1, 0.15) is 32.2 Å². The first kappa shape index (κ1) is 16.6. The molecule has 0 aliphatic heterocycles. The van der Waals surface area contributed by atoms with Crippen LogP contribution < -0.4 is 10.0 Å². The van der Waals surface area contributed by atoms with Gasteiger partial charge in [-0.15, -0.1) is 0 Å². The third-order valence-electron chi connectivity index (χ3n) is 2.62. The van der Waals surface area contributed by atoms with Crippen LogP contribution >= 0.6 is 0 Å². The Kier molecular flexibility index (Phi) is 4.93. The van der Waals surface area contributed by atoms with Gasteiger partial charge in [0.15, 0.2) is 5.76 Å². The monoisotopic (exact) mass is 303 g/mol. The van der Waals surface area contributed by atoms with Gasteiger partial charge >= 0.3 is 0 Å². The molecular formula is C12H21N3O4S. The predicted molar refractivity (Wildman–Crippen MR) is 73.6 cm³/mol. The number of carbonyl (C=O) groups is 1. The minimum atomic E-state index is -3.67. The van der Waals surface area contributed by atoms with Crippen molar-refractivity contribution in [1.29, 1.82) is 0 Å². The topological polar surface area (TPSA) is 101 Å². The van der Waals surface area contributed by atoms with Gasteiger partial charge in [0, 0.05) is 18.5 Å². The number of aromatic nitrogens is 1. The molecule has 1 amide bonds. The van der Waals surface area contributed by atoms with Crippen molar-refractivity contribution in [2.24, 2.45) is 5.41 Å². The number of hydrogen-bond acceptors (Lipinski definition) is 5. The Bertz CT molecular complexity index is 565. The molecule has 0 saturated carbocycles. The highest BCUT2D eigenvalue weighted by Crippen LogP contribution is 2.18. The number of hydrogen-bond donors (Lipinski definition) is 2. The van der Waals surface area contributed by atoms with Gasteiger partial charge < -0.3 is 9.84 Å². The van der Waals surface area contributed by atoms with Crippen LogP contribution in [-0.4, -0.2) is 32.6 Å². The summed E-state index contributed by atoms with van der Waals surface area (Å²) < 4.78 is 31.3. The lowest BCUT2D eigenvalue weighted by atomic mass is 9.96. The first-order valence-electron chi connectivity index (χ1n) is 6.26. The summed E-state index contributed by atoms with van der Waals surface area (Å²) in [6, 6.07) is 0. The Balaban J connectivity index is 2.56. The number of nitrogens with zero attached hydrogens (tertiary/aromatic N) is 1. The Morgan fingerprint density at radius 1 is 1.25 bits per heavy atom. The van der Waals surface area contributed by atoms with Gasteiger partial charge in [-0.25, -0.2) is 13.1 Å². The summed E-state index contributed by atoms with van der Waals surface area (Å²) in [6.07, 6.45) is 0. The molecule has 1 aromatic rings. The predicted octanol–water partition coefficient (Wildman–Crippen LogP) is 0.732. The second kappa shape index (κ2) is 5.92. The van der Waals surface area contributed by atoms with Crippen molar-refractivity contribution >= 4 is 15.9 Å². The van der Waals surface area contributed by atoms with E-state index in [0.717, 1.165) is 0 Å². The van der Waals surface area contributed by atoms with Gasteiger partial charge in [-0.3, -0.25) is 4.79 Å². The van der Waals surface area contributed by atoms with Crippen molar-refractivity contribution in [3.63, 3.8) is 0 Å². The van der Waals surface area contributed by atoms with Crippen LogP contribution in [0.15, 0.2) is 9.42 Å². The zero-order valence-electron chi connectivity index (χ0n) is 12.4. The van der Waals surface area contributed by atoms with Crippen LogP contribution in [0.5, 0.6) is 0 Å². The van der Waals surface area contributed by atoms with E-state index in [-0.39, 0.29) is 29.7 Å². The molecule has 1 heterocycles. The zero-order valence-corrected chi connectivity index (χ0v) is 13.2. The minimum absolute atomic E-state index is 0.0552. The molecule has 0 aliphatic rings. The summed E-state index contributed by atoms with van der Waals surface area (Å²) in [5.74, 6) is 0.114. The lowest BCUT2D eigenvalue weighted by molar-refractivity contribution is -0.128. The Hall–Kier alpha value is -1.41. The largest absolute Gasteiger partial charge is 0.360 e. The highest BCUT2D eigenvalue weighted by Gasteiger charge is 2.24. The molecule has 0 atom stereocenters. The average molecular weight is 303 g/mol. The quantitative estimate of drug-likeness (QED) is 0.781. The molecule has 0 fully saturated rings. The summed E-state index contributed by atoms with van der Waals surface area (Å²) >= 11 is 0. The van der Waals surface area contributed by atoms with E-state index >= 15 is 0 Å². The molecule has 0 bridgehead atoms. The fourth-order valence-corrected chi connectivity index (χ4v) is 2.91. The van der Waals surface area contributed by atoms with Crippen molar-refractivity contribution < 1.29 is 17.7 Å². The van der Waals surface area contributed by atoms with Gasteiger partial charge in [0.25, 0.3) is 0 Å². The molecule has 0 aromatic carbocycles. The summed E-state index contributed by atoms with van der Waals surface area (Å²) in [7, 11) is -3.67. The Morgan fingerprint density at radius 2 is 1.85 bits per heavy atom. The molecule has 0 aliphatic carbocycles. The van der Waals surface area contributed by atoms with Crippen molar-refractivity contribution in [3.8, 4) is 0 Å². The third kappa shape index (κ3) is 4.04. The molecular weight excluding hydrogens is 282 g/mol. The lowest BCUT2D eigenvalue weighted by Crippen LogP contribution is -2.40. The maximum atomic E-state index is 12.1. The Labute approximate surface area is 119 Å².